The Balaban J connectivity index is 1.62. The number of alkyl halides is 5. The van der Waals surface area contributed by atoms with Gasteiger partial charge in [0, 0.05) is 31.5 Å². The van der Waals surface area contributed by atoms with Crippen LogP contribution in [-0.2, 0) is 4.79 Å². The first-order chi connectivity index (χ1) is 19.6. The van der Waals surface area contributed by atoms with E-state index in [-0.39, 0.29) is 43.6 Å². The second-order valence-electron chi connectivity index (χ2n) is 11.6. The van der Waals surface area contributed by atoms with Crippen LogP contribution in [0.2, 0.25) is 0 Å². The summed E-state index contributed by atoms with van der Waals surface area (Å²) in [6.45, 7) is 7.42. The molecule has 2 atom stereocenters. The van der Waals surface area contributed by atoms with Gasteiger partial charge in [0.15, 0.2) is 5.65 Å². The summed E-state index contributed by atoms with van der Waals surface area (Å²) in [4.78, 5) is 30.3. The van der Waals surface area contributed by atoms with Gasteiger partial charge in [-0.2, -0.15) is 23.4 Å². The van der Waals surface area contributed by atoms with E-state index in [1.54, 1.807) is 23.0 Å². The molecule has 1 fully saturated rings. The van der Waals surface area contributed by atoms with E-state index in [4.69, 9.17) is 0 Å². The smallest absolute Gasteiger partial charge is 0.349 e. The van der Waals surface area contributed by atoms with Gasteiger partial charge < -0.3 is 10.6 Å². The van der Waals surface area contributed by atoms with Gasteiger partial charge in [-0.05, 0) is 56.2 Å². The molecule has 1 aliphatic carbocycles. The number of imidazole rings is 1. The van der Waals surface area contributed by atoms with Crippen molar-refractivity contribution in [1.82, 2.24) is 35.0 Å². The molecule has 1 saturated carbocycles. The Labute approximate surface area is 240 Å². The molecular formula is C28H36F5N7O2. The van der Waals surface area contributed by atoms with Crippen molar-refractivity contribution >= 4 is 17.5 Å². The summed E-state index contributed by atoms with van der Waals surface area (Å²) < 4.78 is 68.9. The number of amides is 2. The lowest BCUT2D eigenvalue weighted by molar-refractivity contribution is -0.144. The highest BCUT2D eigenvalue weighted by atomic mass is 19.4. The fourth-order valence-electron chi connectivity index (χ4n) is 5.32. The summed E-state index contributed by atoms with van der Waals surface area (Å²) in [6, 6.07) is 1.89. The fraction of sp³-hybridized carbons (Fsp3) is 0.607. The molecule has 0 saturated heterocycles. The highest BCUT2D eigenvalue weighted by Gasteiger charge is 2.39. The third-order valence-electron chi connectivity index (χ3n) is 7.57. The number of carbonyl (C=O) groups is 2. The summed E-state index contributed by atoms with van der Waals surface area (Å²) in [7, 11) is 0. The largest absolute Gasteiger partial charge is 0.389 e. The van der Waals surface area contributed by atoms with E-state index in [9.17, 15) is 31.5 Å². The van der Waals surface area contributed by atoms with Crippen LogP contribution in [0.1, 0.15) is 106 Å². The highest BCUT2D eigenvalue weighted by Crippen LogP contribution is 2.41. The van der Waals surface area contributed by atoms with Crippen molar-refractivity contribution in [3.8, 4) is 0 Å². The number of halogens is 5. The Kier molecular flexibility index (Phi) is 9.21. The van der Waals surface area contributed by atoms with Crippen LogP contribution in [0.4, 0.5) is 22.0 Å². The van der Waals surface area contributed by atoms with Crippen LogP contribution in [0.3, 0.4) is 0 Å². The van der Waals surface area contributed by atoms with E-state index in [1.165, 1.54) is 16.9 Å². The van der Waals surface area contributed by atoms with Gasteiger partial charge in [0.2, 0.25) is 11.8 Å². The number of nitrogens with zero attached hydrogens (tertiary/aromatic N) is 5. The molecular weight excluding hydrogens is 561 g/mol. The van der Waals surface area contributed by atoms with Gasteiger partial charge >= 0.3 is 6.18 Å². The lowest BCUT2D eigenvalue weighted by atomic mass is 9.81. The maximum atomic E-state index is 14.0. The third kappa shape index (κ3) is 7.62. The van der Waals surface area contributed by atoms with Gasteiger partial charge in [0.05, 0.1) is 36.6 Å². The van der Waals surface area contributed by atoms with Crippen molar-refractivity contribution < 1.29 is 31.5 Å². The van der Waals surface area contributed by atoms with Gasteiger partial charge in [-0.15, -0.1) is 0 Å². The van der Waals surface area contributed by atoms with E-state index in [2.05, 4.69) is 25.8 Å². The molecule has 4 rings (SSSR count). The van der Waals surface area contributed by atoms with Crippen LogP contribution in [0, 0.1) is 11.8 Å². The number of aromatic nitrogens is 5. The van der Waals surface area contributed by atoms with E-state index in [0.717, 1.165) is 0 Å². The molecule has 2 amide bonds. The first kappa shape index (κ1) is 31.4. The van der Waals surface area contributed by atoms with E-state index >= 15 is 0 Å². The monoisotopic (exact) mass is 597 g/mol. The fourth-order valence-corrected chi connectivity index (χ4v) is 5.32. The maximum absolute atomic E-state index is 14.0. The molecule has 1 aliphatic rings. The number of rotatable bonds is 10. The number of carbonyl (C=O) groups excluding carboxylic acids is 2. The van der Waals surface area contributed by atoms with Crippen LogP contribution >= 0.6 is 0 Å². The second kappa shape index (κ2) is 12.3. The number of fused-ring (bicyclic) bond motifs is 1. The molecule has 0 bridgehead atoms. The molecule has 0 aliphatic heterocycles. The quantitative estimate of drug-likeness (QED) is 0.281. The van der Waals surface area contributed by atoms with Crippen molar-refractivity contribution in [3.63, 3.8) is 0 Å². The molecule has 3 aromatic heterocycles. The molecule has 2 N–H and O–H groups in total. The van der Waals surface area contributed by atoms with Gasteiger partial charge in [0.1, 0.15) is 5.69 Å². The lowest BCUT2D eigenvalue weighted by Gasteiger charge is -2.33. The minimum absolute atomic E-state index is 0.0757. The zero-order chi connectivity index (χ0) is 30.8. The summed E-state index contributed by atoms with van der Waals surface area (Å²) in [5, 5.41) is 14.3. The molecule has 3 aromatic rings. The number of nitrogens with one attached hydrogen (secondary N) is 2. The molecule has 9 nitrogen and oxygen atoms in total. The topological polar surface area (TPSA) is 106 Å². The third-order valence-corrected chi connectivity index (χ3v) is 7.57. The van der Waals surface area contributed by atoms with Crippen molar-refractivity contribution in [3.05, 3.63) is 47.7 Å². The Hall–Kier alpha value is -3.58. The molecule has 0 spiro atoms. The zero-order valence-corrected chi connectivity index (χ0v) is 24.0. The molecule has 0 unspecified atom stereocenters. The van der Waals surface area contributed by atoms with Crippen LogP contribution in [0.15, 0.2) is 30.7 Å². The SMILES string of the molecule is CC(C)[C@H](NC(=O)CCC(F)(F)F)c1cnn2cc([C@@H](NC(=O)c3ccnn3C(C)C)C3CCC(F)(F)CC3)nc2c1. The van der Waals surface area contributed by atoms with Gasteiger partial charge in [-0.1, -0.05) is 13.8 Å². The predicted molar refractivity (Wildman–Crippen MR) is 144 cm³/mol. The molecule has 42 heavy (non-hydrogen) atoms. The lowest BCUT2D eigenvalue weighted by Crippen LogP contribution is -2.38. The summed E-state index contributed by atoms with van der Waals surface area (Å²) >= 11 is 0. The molecule has 14 heteroatoms. The van der Waals surface area contributed by atoms with Crippen molar-refractivity contribution in [1.29, 1.82) is 0 Å². The zero-order valence-electron chi connectivity index (χ0n) is 24.0. The minimum atomic E-state index is -4.44. The Morgan fingerprint density at radius 3 is 2.40 bits per heavy atom. The van der Waals surface area contributed by atoms with Crippen LogP contribution in [0.25, 0.3) is 5.65 Å². The van der Waals surface area contributed by atoms with Crippen molar-refractivity contribution in [2.24, 2.45) is 11.8 Å². The maximum Gasteiger partial charge on any atom is 0.389 e. The van der Waals surface area contributed by atoms with Crippen molar-refractivity contribution in [2.45, 2.75) is 96.4 Å². The molecule has 230 valence electrons. The van der Waals surface area contributed by atoms with E-state index in [0.29, 0.717) is 22.6 Å². The average molecular weight is 598 g/mol. The summed E-state index contributed by atoms with van der Waals surface area (Å²) in [6.07, 6.45) is -1.91. The van der Waals surface area contributed by atoms with Crippen LogP contribution < -0.4 is 10.6 Å². The predicted octanol–water partition coefficient (Wildman–Crippen LogP) is 5.96. The second-order valence-corrected chi connectivity index (χ2v) is 11.6. The highest BCUT2D eigenvalue weighted by molar-refractivity contribution is 5.92. The van der Waals surface area contributed by atoms with Crippen molar-refractivity contribution in [2.75, 3.05) is 0 Å². The van der Waals surface area contributed by atoms with Crippen LogP contribution in [0.5, 0.6) is 0 Å². The van der Waals surface area contributed by atoms with Crippen LogP contribution in [-0.4, -0.2) is 48.3 Å². The first-order valence-corrected chi connectivity index (χ1v) is 14.1. The molecule has 3 heterocycles. The molecule has 0 aromatic carbocycles. The Morgan fingerprint density at radius 1 is 1.10 bits per heavy atom. The first-order valence-electron chi connectivity index (χ1n) is 14.1. The summed E-state index contributed by atoms with van der Waals surface area (Å²) in [5.74, 6) is -4.36. The number of hydrogen-bond donors (Lipinski definition) is 2. The standard InChI is InChI=1S/C28H36F5N7O2/c1-16(2)24(37-23(41)7-11-28(31,32)33)19-13-22-36-20(15-39(22)35-14-19)25(18-5-9-27(29,30)10-6-18)38-26(42)21-8-12-34-40(21)17(3)4/h8,12-18,24-25H,5-7,9-11H2,1-4H3,(H,37,41)(H,38,42)/t24-,25-/m0/s1. The van der Waals surface area contributed by atoms with Gasteiger partial charge in [-0.25, -0.2) is 18.3 Å². The Morgan fingerprint density at radius 2 is 1.79 bits per heavy atom. The normalized spacial score (nSPS) is 17.5. The minimum Gasteiger partial charge on any atom is -0.349 e. The number of hydrogen-bond acceptors (Lipinski definition) is 5. The molecule has 0 radical (unpaired) electrons. The van der Waals surface area contributed by atoms with Gasteiger partial charge in [0.25, 0.3) is 5.91 Å². The summed E-state index contributed by atoms with van der Waals surface area (Å²) in [5.41, 5.74) is 1.70. The Bertz CT molecular complexity index is 1390. The van der Waals surface area contributed by atoms with E-state index in [1.807, 2.05) is 27.7 Å². The van der Waals surface area contributed by atoms with Gasteiger partial charge in [-0.3, -0.25) is 14.3 Å². The van der Waals surface area contributed by atoms with E-state index < -0.39 is 48.8 Å². The average Bonchev–Trinajstić information content (AvgIpc) is 3.56.